The molecule has 0 unspecified atom stereocenters. The van der Waals surface area contributed by atoms with Crippen LogP contribution in [0.25, 0.3) is 0 Å². The van der Waals surface area contributed by atoms with Gasteiger partial charge in [0.1, 0.15) is 0 Å². The van der Waals surface area contributed by atoms with E-state index in [0.29, 0.717) is 6.47 Å². The minimum Gasteiger partial charge on any atom is -0.471 e. The van der Waals surface area contributed by atoms with Crippen molar-refractivity contribution in [3.05, 3.63) is 6.42 Å². The summed E-state index contributed by atoms with van der Waals surface area (Å²) >= 11 is 0. The normalized spacial score (nSPS) is 15.8. The first kappa shape index (κ1) is 14.6. The van der Waals surface area contributed by atoms with Crippen LogP contribution in [-0.4, -0.2) is 38.6 Å². The number of methoxy groups -OCH3 is 1. The Morgan fingerprint density at radius 3 is 2.27 bits per heavy atom. The molecule has 60 valence electrons. The monoisotopic (exact) mass is 183 g/mol. The zero-order valence-electron chi connectivity index (χ0n) is 7.54. The van der Waals surface area contributed by atoms with Crippen LogP contribution in [0.4, 0.5) is 0 Å². The molecule has 0 aromatic rings. The average molecular weight is 183 g/mol. The average Bonchev–Trinajstić information content (AvgIpc) is 2.40. The maximum atomic E-state index is 8.95. The third-order valence-electron chi connectivity index (χ3n) is 1.25. The fraction of sp³-hybridized carbons (Fsp3) is 0.714. The van der Waals surface area contributed by atoms with Crippen molar-refractivity contribution in [3.8, 4) is 0 Å². The van der Waals surface area contributed by atoms with Gasteiger partial charge in [0.25, 0.3) is 6.47 Å². The van der Waals surface area contributed by atoms with Gasteiger partial charge in [-0.2, -0.15) is 6.42 Å². The van der Waals surface area contributed by atoms with Gasteiger partial charge in [0, 0.05) is 0 Å². The van der Waals surface area contributed by atoms with E-state index >= 15 is 0 Å². The minimum atomic E-state index is 0. The number of ether oxygens (including phenoxy) is 1. The summed E-state index contributed by atoms with van der Waals surface area (Å²) in [4.78, 5) is 11.3. The van der Waals surface area contributed by atoms with Gasteiger partial charge in [0.2, 0.25) is 0 Å². The Morgan fingerprint density at radius 1 is 1.64 bits per heavy atom. The van der Waals surface area contributed by atoms with Crippen LogP contribution in [-0.2, 0) is 9.53 Å². The third kappa shape index (κ3) is 11.1. The largest absolute Gasteiger partial charge is 1.00 e. The molecule has 0 radical (unpaired) electrons. The SMILES string of the molecule is CN1C[CH-]CC1.COC=O.[K+]. The molecule has 1 saturated heterocycles. The van der Waals surface area contributed by atoms with Gasteiger partial charge in [0.15, 0.2) is 0 Å². The van der Waals surface area contributed by atoms with E-state index in [1.54, 1.807) is 0 Å². The van der Waals surface area contributed by atoms with Crippen LogP contribution in [0.5, 0.6) is 0 Å². The second-order valence-corrected chi connectivity index (χ2v) is 2.17. The summed E-state index contributed by atoms with van der Waals surface area (Å²) in [5.74, 6) is 0. The van der Waals surface area contributed by atoms with E-state index in [1.807, 2.05) is 0 Å². The molecule has 1 rings (SSSR count). The Balaban J connectivity index is 0. The van der Waals surface area contributed by atoms with Gasteiger partial charge in [-0.1, -0.05) is 0 Å². The maximum absolute atomic E-state index is 8.95. The van der Waals surface area contributed by atoms with Crippen molar-refractivity contribution in [2.45, 2.75) is 6.42 Å². The van der Waals surface area contributed by atoms with Crippen molar-refractivity contribution >= 4 is 6.47 Å². The van der Waals surface area contributed by atoms with Gasteiger partial charge in [-0.15, -0.1) is 6.54 Å². The zero-order valence-corrected chi connectivity index (χ0v) is 10.7. The molecule has 0 aromatic heterocycles. The molecule has 0 aliphatic carbocycles. The molecule has 1 fully saturated rings. The molecule has 0 atom stereocenters. The van der Waals surface area contributed by atoms with Crippen molar-refractivity contribution in [2.24, 2.45) is 0 Å². The molecule has 1 heterocycles. The van der Waals surface area contributed by atoms with Crippen LogP contribution in [0.3, 0.4) is 0 Å². The van der Waals surface area contributed by atoms with Crippen LogP contribution in [0, 0.1) is 6.42 Å². The Kier molecular flexibility index (Phi) is 14.7. The molecule has 0 bridgehead atoms. The Hall–Kier alpha value is 1.07. The first-order valence-corrected chi connectivity index (χ1v) is 3.28. The summed E-state index contributed by atoms with van der Waals surface area (Å²) in [5.41, 5.74) is 0. The number of carbonyl (C=O) groups is 1. The van der Waals surface area contributed by atoms with Crippen molar-refractivity contribution in [2.75, 3.05) is 27.2 Å². The molecule has 3 nitrogen and oxygen atoms in total. The van der Waals surface area contributed by atoms with Crippen molar-refractivity contribution < 1.29 is 60.9 Å². The quantitative estimate of drug-likeness (QED) is 0.252. The molecule has 0 spiro atoms. The fourth-order valence-corrected chi connectivity index (χ4v) is 0.715. The number of hydrogen-bond acceptors (Lipinski definition) is 3. The molecular weight excluding hydrogens is 169 g/mol. The van der Waals surface area contributed by atoms with Crippen LogP contribution in [0.15, 0.2) is 0 Å². The maximum Gasteiger partial charge on any atom is 1.00 e. The number of rotatable bonds is 1. The van der Waals surface area contributed by atoms with Gasteiger partial charge in [-0.3, -0.25) is 4.79 Å². The topological polar surface area (TPSA) is 29.5 Å². The molecular formula is C7H14KNO2. The summed E-state index contributed by atoms with van der Waals surface area (Å²) in [7, 11) is 3.45. The Labute approximate surface area is 111 Å². The first-order valence-electron chi connectivity index (χ1n) is 3.28. The summed E-state index contributed by atoms with van der Waals surface area (Å²) in [6.45, 7) is 2.83. The van der Waals surface area contributed by atoms with E-state index in [4.69, 9.17) is 4.79 Å². The number of likely N-dealkylation sites (tertiary alicyclic amines) is 1. The summed E-state index contributed by atoms with van der Waals surface area (Å²) in [6, 6.07) is 0. The third-order valence-corrected chi connectivity index (χ3v) is 1.25. The van der Waals surface area contributed by atoms with Gasteiger partial charge < -0.3 is 16.1 Å². The number of hydrogen-bond donors (Lipinski definition) is 0. The Bertz CT molecular complexity index is 84.5. The summed E-state index contributed by atoms with van der Waals surface area (Å²) in [5, 5.41) is 0. The molecule has 4 heteroatoms. The van der Waals surface area contributed by atoms with Crippen molar-refractivity contribution in [3.63, 3.8) is 0 Å². The summed E-state index contributed by atoms with van der Waals surface area (Å²) in [6.07, 6.45) is 3.59. The molecule has 0 saturated carbocycles. The van der Waals surface area contributed by atoms with Crippen LogP contribution in [0.2, 0.25) is 0 Å². The summed E-state index contributed by atoms with van der Waals surface area (Å²) < 4.78 is 3.86. The van der Waals surface area contributed by atoms with E-state index in [2.05, 4.69) is 23.1 Å². The predicted molar refractivity (Wildman–Crippen MR) is 39.5 cm³/mol. The molecule has 0 aromatic carbocycles. The molecule has 0 amide bonds. The molecule has 1 aliphatic rings. The van der Waals surface area contributed by atoms with Crippen LogP contribution >= 0.6 is 0 Å². The van der Waals surface area contributed by atoms with Gasteiger partial charge in [0.05, 0.1) is 7.11 Å². The second-order valence-electron chi connectivity index (χ2n) is 2.17. The van der Waals surface area contributed by atoms with E-state index in [9.17, 15) is 0 Å². The second kappa shape index (κ2) is 11.1. The zero-order chi connectivity index (χ0) is 7.82. The smallest absolute Gasteiger partial charge is 0.471 e. The molecule has 11 heavy (non-hydrogen) atoms. The molecule has 1 aliphatic heterocycles. The first-order chi connectivity index (χ1) is 4.81. The van der Waals surface area contributed by atoms with E-state index in [0.717, 1.165) is 0 Å². The van der Waals surface area contributed by atoms with Gasteiger partial charge in [-0.25, -0.2) is 0 Å². The van der Waals surface area contributed by atoms with Crippen LogP contribution in [0.1, 0.15) is 6.42 Å². The van der Waals surface area contributed by atoms with Gasteiger partial charge in [-0.05, 0) is 13.6 Å². The van der Waals surface area contributed by atoms with E-state index in [-0.39, 0.29) is 51.4 Å². The Morgan fingerprint density at radius 2 is 2.18 bits per heavy atom. The minimum absolute atomic E-state index is 0. The van der Waals surface area contributed by atoms with Crippen LogP contribution < -0.4 is 51.4 Å². The van der Waals surface area contributed by atoms with Crippen molar-refractivity contribution in [1.82, 2.24) is 4.90 Å². The fourth-order valence-electron chi connectivity index (χ4n) is 0.715. The van der Waals surface area contributed by atoms with E-state index < -0.39 is 0 Å². The predicted octanol–water partition coefficient (Wildman–Crippen LogP) is -2.68. The number of nitrogens with zero attached hydrogens (tertiary/aromatic N) is 1. The standard InChI is InChI=1S/C5H10N.C2H4O2.K/c1-6-4-2-3-5-6;1-4-2-3;/h2H,3-5H2,1H3;2H,1H3;/q-1;;+1. The number of carbonyl (C=O) groups excluding carboxylic acids is 1. The van der Waals surface area contributed by atoms with Gasteiger partial charge >= 0.3 is 51.4 Å². The van der Waals surface area contributed by atoms with E-state index in [1.165, 1.54) is 26.6 Å². The molecule has 0 N–H and O–H groups in total. The van der Waals surface area contributed by atoms with Crippen molar-refractivity contribution in [1.29, 1.82) is 0 Å².